The van der Waals surface area contributed by atoms with Gasteiger partial charge < -0.3 is 0 Å². The molecule has 0 fully saturated rings. The van der Waals surface area contributed by atoms with Crippen LogP contribution < -0.4 is 0 Å². The Morgan fingerprint density at radius 2 is 1.85 bits per heavy atom. The highest BCUT2D eigenvalue weighted by molar-refractivity contribution is 9.10. The summed E-state index contributed by atoms with van der Waals surface area (Å²) in [5.41, 5.74) is 2.85. The van der Waals surface area contributed by atoms with E-state index in [4.69, 9.17) is 23.2 Å². The van der Waals surface area contributed by atoms with Crippen LogP contribution in [0.2, 0.25) is 5.02 Å². The Morgan fingerprint density at radius 1 is 1.10 bits per heavy atom. The molecule has 0 bridgehead atoms. The van der Waals surface area contributed by atoms with Crippen LogP contribution in [-0.4, -0.2) is 15.4 Å². The quantitative estimate of drug-likeness (QED) is 0.578. The summed E-state index contributed by atoms with van der Waals surface area (Å²) in [4.78, 5) is 4.64. The van der Waals surface area contributed by atoms with Crippen molar-refractivity contribution in [3.05, 3.63) is 57.8 Å². The lowest BCUT2D eigenvalue weighted by Crippen LogP contribution is -2.02. The number of para-hydroxylation sites is 1. The van der Waals surface area contributed by atoms with Crippen molar-refractivity contribution in [3.63, 3.8) is 0 Å². The number of nitrogens with zero attached hydrogens (tertiary/aromatic N) is 2. The third kappa shape index (κ3) is 2.46. The van der Waals surface area contributed by atoms with Gasteiger partial charge in [0.2, 0.25) is 0 Å². The minimum Gasteiger partial charge on any atom is -0.295 e. The lowest BCUT2D eigenvalue weighted by Gasteiger charge is -2.09. The fourth-order valence-electron chi connectivity index (χ4n) is 2.25. The number of rotatable bonds is 3. The maximum absolute atomic E-state index is 6.35. The van der Waals surface area contributed by atoms with Gasteiger partial charge in [0.25, 0.3) is 0 Å². The molecule has 2 nitrogen and oxygen atoms in total. The molecule has 2 aromatic carbocycles. The molecule has 0 saturated carbocycles. The molecule has 0 radical (unpaired) electrons. The van der Waals surface area contributed by atoms with Gasteiger partial charge in [-0.15, -0.1) is 11.6 Å². The fourth-order valence-corrected chi connectivity index (χ4v) is 2.94. The second-order valence-electron chi connectivity index (χ2n) is 4.39. The Kier molecular flexibility index (Phi) is 4.01. The molecule has 0 N–H and O–H groups in total. The second-order valence-corrected chi connectivity index (χ2v) is 6.09. The number of alkyl halides is 1. The van der Waals surface area contributed by atoms with Gasteiger partial charge in [0.15, 0.2) is 0 Å². The van der Waals surface area contributed by atoms with E-state index in [1.54, 1.807) is 0 Å². The van der Waals surface area contributed by atoms with E-state index in [9.17, 15) is 0 Å². The van der Waals surface area contributed by atoms with Crippen LogP contribution in [0.3, 0.4) is 0 Å². The number of benzene rings is 2. The number of fused-ring (bicyclic) bond motifs is 1. The molecule has 0 amide bonds. The predicted molar refractivity (Wildman–Crippen MR) is 88.2 cm³/mol. The van der Waals surface area contributed by atoms with Gasteiger partial charge in [-0.25, -0.2) is 4.98 Å². The number of hydrogen-bond acceptors (Lipinski definition) is 1. The van der Waals surface area contributed by atoms with Gasteiger partial charge in [-0.1, -0.05) is 33.6 Å². The van der Waals surface area contributed by atoms with Crippen LogP contribution in [0.25, 0.3) is 16.7 Å². The van der Waals surface area contributed by atoms with E-state index in [1.807, 2.05) is 42.5 Å². The zero-order chi connectivity index (χ0) is 14.1. The average molecular weight is 370 g/mol. The molecule has 3 aromatic rings. The lowest BCUT2D eigenvalue weighted by molar-refractivity contribution is 0.912. The number of hydrogen-bond donors (Lipinski definition) is 0. The Balaban J connectivity index is 2.30. The molecule has 102 valence electrons. The van der Waals surface area contributed by atoms with E-state index in [0.29, 0.717) is 17.3 Å². The summed E-state index contributed by atoms with van der Waals surface area (Å²) in [5, 5.41) is 0.693. The molecule has 20 heavy (non-hydrogen) atoms. The van der Waals surface area contributed by atoms with Crippen LogP contribution in [0.15, 0.2) is 46.9 Å². The van der Waals surface area contributed by atoms with Gasteiger partial charge in [-0.05, 0) is 36.4 Å². The SMILES string of the molecule is ClCCc1nc2cccc(Cl)c2n1-c1ccc(Br)cc1. The van der Waals surface area contributed by atoms with Crippen molar-refractivity contribution in [1.29, 1.82) is 0 Å². The van der Waals surface area contributed by atoms with Crippen molar-refractivity contribution < 1.29 is 0 Å². The summed E-state index contributed by atoms with van der Waals surface area (Å²) in [6, 6.07) is 13.8. The Hall–Kier alpha value is -1.03. The normalized spacial score (nSPS) is 11.2. The molecular weight excluding hydrogens is 359 g/mol. The van der Waals surface area contributed by atoms with Crippen LogP contribution in [0, 0.1) is 0 Å². The van der Waals surface area contributed by atoms with E-state index >= 15 is 0 Å². The molecule has 0 saturated heterocycles. The summed E-state index contributed by atoms with van der Waals surface area (Å²) in [7, 11) is 0. The van der Waals surface area contributed by atoms with Crippen molar-refractivity contribution in [2.24, 2.45) is 0 Å². The molecule has 0 unspecified atom stereocenters. The zero-order valence-corrected chi connectivity index (χ0v) is 13.6. The van der Waals surface area contributed by atoms with Crippen molar-refractivity contribution in [2.75, 3.05) is 5.88 Å². The maximum Gasteiger partial charge on any atom is 0.115 e. The standard InChI is InChI=1S/C15H11BrCl2N2/c16-10-4-6-11(7-5-10)20-14(8-9-17)19-13-3-1-2-12(18)15(13)20/h1-7H,8-9H2. The third-order valence-electron chi connectivity index (χ3n) is 3.10. The molecule has 0 aliphatic rings. The summed E-state index contributed by atoms with van der Waals surface area (Å²) in [6.07, 6.45) is 0.697. The largest absolute Gasteiger partial charge is 0.295 e. The van der Waals surface area contributed by atoms with Gasteiger partial charge in [-0.3, -0.25) is 4.57 Å². The van der Waals surface area contributed by atoms with Gasteiger partial charge in [0.1, 0.15) is 5.82 Å². The first-order valence-electron chi connectivity index (χ1n) is 6.18. The first-order valence-corrected chi connectivity index (χ1v) is 7.89. The molecule has 0 aliphatic carbocycles. The second kappa shape index (κ2) is 5.76. The monoisotopic (exact) mass is 368 g/mol. The van der Waals surface area contributed by atoms with Crippen molar-refractivity contribution in [3.8, 4) is 5.69 Å². The average Bonchev–Trinajstić information content (AvgIpc) is 2.80. The predicted octanol–water partition coefficient (Wildman–Crippen LogP) is 5.22. The molecule has 5 heteroatoms. The van der Waals surface area contributed by atoms with E-state index in [1.165, 1.54) is 0 Å². The Labute approximate surface area is 135 Å². The molecule has 1 aromatic heterocycles. The lowest BCUT2D eigenvalue weighted by atomic mass is 10.2. The summed E-state index contributed by atoms with van der Waals surface area (Å²) >= 11 is 15.7. The topological polar surface area (TPSA) is 17.8 Å². The first-order chi connectivity index (χ1) is 9.70. The first kappa shape index (κ1) is 13.9. The maximum atomic E-state index is 6.35. The highest BCUT2D eigenvalue weighted by atomic mass is 79.9. The smallest absolute Gasteiger partial charge is 0.115 e. The zero-order valence-electron chi connectivity index (χ0n) is 10.5. The molecule has 0 spiro atoms. The van der Waals surface area contributed by atoms with Gasteiger partial charge in [-0.2, -0.15) is 0 Å². The van der Waals surface area contributed by atoms with Gasteiger partial charge in [0, 0.05) is 22.5 Å². The van der Waals surface area contributed by atoms with Gasteiger partial charge in [0.05, 0.1) is 16.1 Å². The number of aromatic nitrogens is 2. The highest BCUT2D eigenvalue weighted by Crippen LogP contribution is 2.28. The molecule has 1 heterocycles. The van der Waals surface area contributed by atoms with E-state index < -0.39 is 0 Å². The van der Waals surface area contributed by atoms with Crippen LogP contribution >= 0.6 is 39.1 Å². The highest BCUT2D eigenvalue weighted by Gasteiger charge is 2.14. The Morgan fingerprint density at radius 3 is 2.55 bits per heavy atom. The van der Waals surface area contributed by atoms with Gasteiger partial charge >= 0.3 is 0 Å². The van der Waals surface area contributed by atoms with Crippen LogP contribution in [0.5, 0.6) is 0 Å². The third-order valence-corrected chi connectivity index (χ3v) is 4.12. The van der Waals surface area contributed by atoms with Crippen LogP contribution in [0.4, 0.5) is 0 Å². The van der Waals surface area contributed by atoms with E-state index in [0.717, 1.165) is 27.0 Å². The van der Waals surface area contributed by atoms with Crippen LogP contribution in [0.1, 0.15) is 5.82 Å². The molecular formula is C15H11BrCl2N2. The minimum absolute atomic E-state index is 0.525. The number of aryl methyl sites for hydroxylation is 1. The van der Waals surface area contributed by atoms with Crippen LogP contribution in [-0.2, 0) is 6.42 Å². The molecule has 0 aliphatic heterocycles. The summed E-state index contributed by atoms with van der Waals surface area (Å²) in [6.45, 7) is 0. The molecule has 0 atom stereocenters. The van der Waals surface area contributed by atoms with E-state index in [-0.39, 0.29) is 0 Å². The summed E-state index contributed by atoms with van der Waals surface area (Å²) in [5.74, 6) is 1.45. The van der Waals surface area contributed by atoms with Crippen molar-refractivity contribution in [2.45, 2.75) is 6.42 Å². The van der Waals surface area contributed by atoms with Crippen molar-refractivity contribution >= 4 is 50.2 Å². The fraction of sp³-hybridized carbons (Fsp3) is 0.133. The summed E-state index contributed by atoms with van der Waals surface area (Å²) < 4.78 is 3.11. The number of halogens is 3. The Bertz CT molecular complexity index is 750. The van der Waals surface area contributed by atoms with Crippen molar-refractivity contribution in [1.82, 2.24) is 9.55 Å². The van der Waals surface area contributed by atoms with E-state index in [2.05, 4.69) is 25.5 Å². The molecule has 3 rings (SSSR count). The number of imidazole rings is 1. The minimum atomic E-state index is 0.525.